The Kier molecular flexibility index (Phi) is 5.00. The first-order chi connectivity index (χ1) is 10.4. The second-order valence-electron chi connectivity index (χ2n) is 6.01. The number of pyridine rings is 1. The zero-order valence-corrected chi connectivity index (χ0v) is 14.7. The van der Waals surface area contributed by atoms with Gasteiger partial charge in [-0.15, -0.1) is 12.4 Å². The fourth-order valence-electron chi connectivity index (χ4n) is 2.64. The van der Waals surface area contributed by atoms with Gasteiger partial charge in [0, 0.05) is 12.1 Å². The van der Waals surface area contributed by atoms with Gasteiger partial charge < -0.3 is 10.3 Å². The molecular weight excluding hydrogens is 340 g/mol. The summed E-state index contributed by atoms with van der Waals surface area (Å²) in [6.45, 7) is 4.04. The van der Waals surface area contributed by atoms with Crippen LogP contribution in [-0.4, -0.2) is 30.6 Å². The number of nitrogens with two attached hydrogens (primary N) is 1. The Hall–Kier alpha value is -1.22. The molecule has 0 amide bonds. The summed E-state index contributed by atoms with van der Waals surface area (Å²) in [7, 11) is -3.69. The fraction of sp³-hybridized carbons (Fsp3) is 0.571. The first-order valence-corrected chi connectivity index (χ1v) is 8.86. The quantitative estimate of drug-likeness (QED) is 0.809. The third-order valence-corrected chi connectivity index (χ3v) is 5.87. The van der Waals surface area contributed by atoms with Crippen molar-refractivity contribution in [3.63, 3.8) is 0 Å². The van der Waals surface area contributed by atoms with E-state index < -0.39 is 15.6 Å². The van der Waals surface area contributed by atoms with Crippen LogP contribution in [0.5, 0.6) is 0 Å². The highest BCUT2D eigenvalue weighted by Crippen LogP contribution is 2.39. The fourth-order valence-corrected chi connectivity index (χ4v) is 4.09. The molecule has 1 fully saturated rings. The number of nitrogens with one attached hydrogen (secondary N) is 1. The number of hydrogen-bond acceptors (Lipinski definition) is 6. The van der Waals surface area contributed by atoms with Gasteiger partial charge in [0.05, 0.1) is 17.3 Å². The van der Waals surface area contributed by atoms with Crippen molar-refractivity contribution in [1.29, 1.82) is 0 Å². The molecule has 7 nitrogen and oxygen atoms in total. The minimum absolute atomic E-state index is 0. The number of aryl methyl sites for hydroxylation is 1. The molecule has 0 saturated heterocycles. The number of hydrogen-bond donors (Lipinski definition) is 2. The van der Waals surface area contributed by atoms with Gasteiger partial charge in [0.15, 0.2) is 0 Å². The van der Waals surface area contributed by atoms with Gasteiger partial charge in [0.2, 0.25) is 10.0 Å². The lowest BCUT2D eigenvalue weighted by Gasteiger charge is -2.28. The molecule has 0 aliphatic heterocycles. The van der Waals surface area contributed by atoms with Crippen molar-refractivity contribution in [2.75, 3.05) is 6.54 Å². The standard InChI is InChI=1S/C14H20N4O3S.ClH/c1-3-12-11-6-10(7-16-13(11)21-17-12)22(19,20)18-14(2,8-15)9-4-5-9;/h6-7,9,18H,3-5,8,15H2,1-2H3;1H. The maximum atomic E-state index is 12.6. The smallest absolute Gasteiger partial charge is 0.258 e. The first kappa shape index (κ1) is 18.1. The Labute approximate surface area is 141 Å². The van der Waals surface area contributed by atoms with Crippen LogP contribution < -0.4 is 10.5 Å². The zero-order chi connectivity index (χ0) is 16.0. The van der Waals surface area contributed by atoms with Gasteiger partial charge >= 0.3 is 0 Å². The summed E-state index contributed by atoms with van der Waals surface area (Å²) < 4.78 is 33.1. The third-order valence-electron chi connectivity index (χ3n) is 4.29. The molecule has 1 aliphatic carbocycles. The molecule has 1 unspecified atom stereocenters. The SMILES string of the molecule is CCc1noc2ncc(S(=O)(=O)NC(C)(CN)C3CC3)cc12.Cl. The first-order valence-electron chi connectivity index (χ1n) is 7.38. The molecule has 1 atom stereocenters. The number of fused-ring (bicyclic) bond motifs is 1. The van der Waals surface area contributed by atoms with Crippen molar-refractivity contribution in [3.05, 3.63) is 18.0 Å². The third kappa shape index (κ3) is 3.35. The molecule has 1 aliphatic rings. The number of aromatic nitrogens is 2. The molecule has 2 aromatic heterocycles. The number of nitrogens with zero attached hydrogens (tertiary/aromatic N) is 2. The van der Waals surface area contributed by atoms with Crippen LogP contribution in [0.4, 0.5) is 0 Å². The number of rotatable bonds is 6. The van der Waals surface area contributed by atoms with Gasteiger partial charge in [-0.1, -0.05) is 12.1 Å². The van der Waals surface area contributed by atoms with Crippen LogP contribution in [-0.2, 0) is 16.4 Å². The molecule has 128 valence electrons. The molecule has 9 heteroatoms. The van der Waals surface area contributed by atoms with E-state index in [4.69, 9.17) is 10.3 Å². The molecular formula is C14H21ClN4O3S. The van der Waals surface area contributed by atoms with Crippen LogP contribution in [0.25, 0.3) is 11.1 Å². The van der Waals surface area contributed by atoms with Crippen LogP contribution in [0, 0.1) is 5.92 Å². The number of halogens is 1. The van der Waals surface area contributed by atoms with E-state index in [1.807, 2.05) is 13.8 Å². The zero-order valence-electron chi connectivity index (χ0n) is 13.1. The van der Waals surface area contributed by atoms with Crippen molar-refractivity contribution in [2.45, 2.75) is 43.5 Å². The van der Waals surface area contributed by atoms with Crippen LogP contribution in [0.3, 0.4) is 0 Å². The van der Waals surface area contributed by atoms with Crippen molar-refractivity contribution in [3.8, 4) is 0 Å². The van der Waals surface area contributed by atoms with Gasteiger partial charge in [0.25, 0.3) is 5.71 Å². The Bertz CT molecular complexity index is 803. The maximum Gasteiger partial charge on any atom is 0.258 e. The van der Waals surface area contributed by atoms with Crippen LogP contribution in [0.15, 0.2) is 21.7 Å². The second-order valence-corrected chi connectivity index (χ2v) is 7.69. The second kappa shape index (κ2) is 6.35. The largest absolute Gasteiger partial charge is 0.336 e. The lowest BCUT2D eigenvalue weighted by Crippen LogP contribution is -2.52. The van der Waals surface area contributed by atoms with Gasteiger partial charge in [0.1, 0.15) is 4.90 Å². The van der Waals surface area contributed by atoms with E-state index in [1.54, 1.807) is 6.07 Å². The van der Waals surface area contributed by atoms with Gasteiger partial charge in [-0.3, -0.25) is 0 Å². The molecule has 3 rings (SSSR count). The average molecular weight is 361 g/mol. The molecule has 2 heterocycles. The average Bonchev–Trinajstić information content (AvgIpc) is 3.27. The summed E-state index contributed by atoms with van der Waals surface area (Å²) in [5.41, 5.74) is 6.21. The summed E-state index contributed by atoms with van der Waals surface area (Å²) in [4.78, 5) is 4.16. The predicted octanol–water partition coefficient (Wildman–Crippen LogP) is 1.61. The van der Waals surface area contributed by atoms with E-state index >= 15 is 0 Å². The Balaban J connectivity index is 0.00000192. The van der Waals surface area contributed by atoms with Crippen molar-refractivity contribution in [2.24, 2.45) is 11.7 Å². The van der Waals surface area contributed by atoms with E-state index in [0.717, 1.165) is 12.8 Å². The van der Waals surface area contributed by atoms with E-state index in [-0.39, 0.29) is 23.8 Å². The van der Waals surface area contributed by atoms with Gasteiger partial charge in [-0.05, 0) is 38.2 Å². The highest BCUT2D eigenvalue weighted by Gasteiger charge is 2.43. The van der Waals surface area contributed by atoms with Crippen LogP contribution in [0.2, 0.25) is 0 Å². The summed E-state index contributed by atoms with van der Waals surface area (Å²) >= 11 is 0. The van der Waals surface area contributed by atoms with E-state index in [2.05, 4.69) is 14.9 Å². The van der Waals surface area contributed by atoms with Crippen LogP contribution >= 0.6 is 12.4 Å². The highest BCUT2D eigenvalue weighted by molar-refractivity contribution is 7.89. The minimum atomic E-state index is -3.69. The molecule has 0 aromatic carbocycles. The topological polar surface area (TPSA) is 111 Å². The van der Waals surface area contributed by atoms with E-state index in [9.17, 15) is 8.42 Å². The number of sulfonamides is 1. The van der Waals surface area contributed by atoms with Gasteiger partial charge in [-0.2, -0.15) is 0 Å². The summed E-state index contributed by atoms with van der Waals surface area (Å²) in [6, 6.07) is 1.56. The van der Waals surface area contributed by atoms with Crippen LogP contribution in [0.1, 0.15) is 32.4 Å². The molecule has 3 N–H and O–H groups in total. The van der Waals surface area contributed by atoms with Crippen molar-refractivity contribution >= 4 is 33.5 Å². The van der Waals surface area contributed by atoms with Gasteiger partial charge in [-0.25, -0.2) is 18.1 Å². The Morgan fingerprint density at radius 1 is 1.48 bits per heavy atom. The molecule has 0 bridgehead atoms. The summed E-state index contributed by atoms with van der Waals surface area (Å²) in [6.07, 6.45) is 3.94. The molecule has 2 aromatic rings. The lowest BCUT2D eigenvalue weighted by molar-refractivity contribution is 0.374. The normalized spacial score (nSPS) is 17.7. The van der Waals surface area contributed by atoms with E-state index in [0.29, 0.717) is 29.1 Å². The highest BCUT2D eigenvalue weighted by atomic mass is 35.5. The summed E-state index contributed by atoms with van der Waals surface area (Å²) in [5.74, 6) is 0.297. The molecule has 23 heavy (non-hydrogen) atoms. The monoisotopic (exact) mass is 360 g/mol. The molecule has 0 radical (unpaired) electrons. The Morgan fingerprint density at radius 2 is 2.17 bits per heavy atom. The maximum absolute atomic E-state index is 12.6. The Morgan fingerprint density at radius 3 is 2.74 bits per heavy atom. The molecule has 1 saturated carbocycles. The predicted molar refractivity (Wildman–Crippen MR) is 88.9 cm³/mol. The van der Waals surface area contributed by atoms with E-state index in [1.165, 1.54) is 6.20 Å². The summed E-state index contributed by atoms with van der Waals surface area (Å²) in [5, 5.41) is 4.52. The van der Waals surface area contributed by atoms with Crippen molar-refractivity contribution in [1.82, 2.24) is 14.9 Å². The molecule has 0 spiro atoms. The minimum Gasteiger partial charge on any atom is -0.336 e. The van der Waals surface area contributed by atoms with Crippen molar-refractivity contribution < 1.29 is 12.9 Å². The lowest BCUT2D eigenvalue weighted by atomic mass is 9.98.